The molecule has 0 spiro atoms. The van der Waals surface area contributed by atoms with Gasteiger partial charge in [-0.2, -0.15) is 5.26 Å². The molecule has 106 valence electrons. The number of benzene rings is 2. The van der Waals surface area contributed by atoms with Crippen molar-refractivity contribution in [2.24, 2.45) is 0 Å². The zero-order chi connectivity index (χ0) is 15.9. The fraction of sp³-hybridized carbons (Fsp3) is 0.0769. The van der Waals surface area contributed by atoms with Gasteiger partial charge < -0.3 is 0 Å². The van der Waals surface area contributed by atoms with Gasteiger partial charge in [0.05, 0.1) is 29.8 Å². The molecule has 0 aromatic heterocycles. The lowest BCUT2D eigenvalue weighted by Gasteiger charge is -2.11. The minimum atomic E-state index is -2.02. The molecule has 0 aliphatic rings. The Morgan fingerprint density at radius 2 is 1.33 bits per heavy atom. The highest BCUT2D eigenvalue weighted by molar-refractivity contribution is 5.89. The van der Waals surface area contributed by atoms with Crippen LogP contribution >= 0.6 is 0 Å². The summed E-state index contributed by atoms with van der Waals surface area (Å²) in [5, 5.41) is 5.43. The summed E-state index contributed by atoms with van der Waals surface area (Å²) in [7, 11) is 0. The maximum Gasteiger partial charge on any atom is 0.260 e. The van der Waals surface area contributed by atoms with E-state index in [-0.39, 0.29) is 0 Å². The molecule has 0 amide bonds. The predicted octanol–water partition coefficient (Wildman–Crippen LogP) is 4.29. The molecule has 0 saturated heterocycles. The second-order valence-electron chi connectivity index (χ2n) is 3.91. The Morgan fingerprint density at radius 1 is 0.810 bits per heavy atom. The van der Waals surface area contributed by atoms with Crippen molar-refractivity contribution >= 4 is 16.5 Å². The van der Waals surface area contributed by atoms with Crippen molar-refractivity contribution in [1.29, 1.82) is 5.26 Å². The molecule has 2 aromatic carbocycles. The van der Waals surface area contributed by atoms with E-state index < -0.39 is 63.3 Å². The van der Waals surface area contributed by atoms with Gasteiger partial charge in [-0.15, -0.1) is 0 Å². The Labute approximate surface area is 113 Å². The van der Waals surface area contributed by atoms with Crippen LogP contribution in [0.1, 0.15) is 5.56 Å². The summed E-state index contributed by atoms with van der Waals surface area (Å²) in [5.41, 5.74) is -2.65. The maximum absolute atomic E-state index is 13.9. The molecule has 8 heteroatoms. The molecular weight excluding hydrogens is 298 g/mol. The molecule has 0 N–H and O–H groups in total. The molecule has 0 saturated carbocycles. The quantitative estimate of drug-likeness (QED) is 0.438. The fourth-order valence-corrected chi connectivity index (χ4v) is 1.88. The zero-order valence-corrected chi connectivity index (χ0v) is 9.87. The first-order valence-electron chi connectivity index (χ1n) is 5.26. The molecule has 0 atom stereocenters. The Morgan fingerprint density at radius 3 is 1.86 bits per heavy atom. The highest BCUT2D eigenvalue weighted by Gasteiger charge is 2.29. The van der Waals surface area contributed by atoms with Crippen LogP contribution in [0.2, 0.25) is 0 Å². The van der Waals surface area contributed by atoms with Gasteiger partial charge in [0.1, 0.15) is 11.6 Å². The SMILES string of the molecule is [C-]#[N+]c1c(F)c(F)c2c(F)c(CC#N)c(F)c(F)c2c1F. The van der Waals surface area contributed by atoms with Crippen molar-refractivity contribution < 1.29 is 26.3 Å². The van der Waals surface area contributed by atoms with E-state index in [9.17, 15) is 26.3 Å². The third-order valence-corrected chi connectivity index (χ3v) is 2.83. The van der Waals surface area contributed by atoms with Crippen LogP contribution in [0.5, 0.6) is 0 Å². The molecule has 2 aromatic rings. The smallest absolute Gasteiger partial charge is 0.232 e. The molecule has 0 aliphatic heterocycles. The second kappa shape index (κ2) is 4.98. The molecule has 21 heavy (non-hydrogen) atoms. The van der Waals surface area contributed by atoms with Crippen LogP contribution in [-0.2, 0) is 6.42 Å². The van der Waals surface area contributed by atoms with E-state index in [1.54, 1.807) is 0 Å². The lowest BCUT2D eigenvalue weighted by Crippen LogP contribution is -2.05. The third kappa shape index (κ3) is 1.88. The molecular formula is C13H2F6N2. The summed E-state index contributed by atoms with van der Waals surface area (Å²) in [6.45, 7) is 6.51. The highest BCUT2D eigenvalue weighted by Crippen LogP contribution is 2.38. The van der Waals surface area contributed by atoms with Crippen molar-refractivity contribution in [3.63, 3.8) is 0 Å². The highest BCUT2D eigenvalue weighted by atomic mass is 19.2. The van der Waals surface area contributed by atoms with Gasteiger partial charge in [-0.05, 0) is 0 Å². The van der Waals surface area contributed by atoms with E-state index in [0.717, 1.165) is 0 Å². The number of nitrogens with zero attached hydrogens (tertiary/aromatic N) is 2. The van der Waals surface area contributed by atoms with Crippen molar-refractivity contribution in [3.8, 4) is 6.07 Å². The fourth-order valence-electron chi connectivity index (χ4n) is 1.88. The lowest BCUT2D eigenvalue weighted by molar-refractivity contribution is 0.477. The van der Waals surface area contributed by atoms with Crippen LogP contribution in [0.25, 0.3) is 15.6 Å². The van der Waals surface area contributed by atoms with E-state index in [2.05, 4.69) is 4.85 Å². The van der Waals surface area contributed by atoms with E-state index in [1.807, 2.05) is 0 Å². The molecule has 2 nitrogen and oxygen atoms in total. The average molecular weight is 300 g/mol. The van der Waals surface area contributed by atoms with Crippen LogP contribution in [-0.4, -0.2) is 0 Å². The van der Waals surface area contributed by atoms with E-state index in [1.165, 1.54) is 6.07 Å². The topological polar surface area (TPSA) is 28.1 Å². The Bertz CT molecular complexity index is 861. The van der Waals surface area contributed by atoms with Crippen molar-refractivity contribution in [1.82, 2.24) is 0 Å². The van der Waals surface area contributed by atoms with E-state index >= 15 is 0 Å². The van der Waals surface area contributed by atoms with Gasteiger partial charge in [0, 0.05) is 5.56 Å². The van der Waals surface area contributed by atoms with Gasteiger partial charge in [0.15, 0.2) is 23.3 Å². The second-order valence-corrected chi connectivity index (χ2v) is 3.91. The van der Waals surface area contributed by atoms with Gasteiger partial charge in [0.25, 0.3) is 5.69 Å². The molecule has 0 bridgehead atoms. The Balaban J connectivity index is 3.17. The van der Waals surface area contributed by atoms with Crippen molar-refractivity contribution in [2.75, 3.05) is 0 Å². The van der Waals surface area contributed by atoms with Gasteiger partial charge in [-0.1, -0.05) is 0 Å². The van der Waals surface area contributed by atoms with Gasteiger partial charge in [0.2, 0.25) is 0 Å². The minimum absolute atomic E-state index is 0.961. The van der Waals surface area contributed by atoms with E-state index in [0.29, 0.717) is 0 Å². The first-order chi connectivity index (χ1) is 9.86. The molecule has 0 heterocycles. The summed E-state index contributed by atoms with van der Waals surface area (Å²) in [4.78, 5) is 2.34. The number of hydrogen-bond acceptors (Lipinski definition) is 1. The number of fused-ring (bicyclic) bond motifs is 1. The normalized spacial score (nSPS) is 10.5. The Hall–Kier alpha value is -2.74. The van der Waals surface area contributed by atoms with Crippen LogP contribution in [0.3, 0.4) is 0 Å². The van der Waals surface area contributed by atoms with Crippen LogP contribution in [0.4, 0.5) is 32.0 Å². The summed E-state index contributed by atoms with van der Waals surface area (Å²) >= 11 is 0. The number of rotatable bonds is 1. The lowest BCUT2D eigenvalue weighted by atomic mass is 10.0. The molecule has 0 unspecified atom stereocenters. The average Bonchev–Trinajstić information content (AvgIpc) is 2.45. The number of hydrogen-bond donors (Lipinski definition) is 0. The zero-order valence-electron chi connectivity index (χ0n) is 9.87. The van der Waals surface area contributed by atoms with Crippen molar-refractivity contribution in [3.05, 3.63) is 51.9 Å². The van der Waals surface area contributed by atoms with Crippen LogP contribution in [0, 0.1) is 52.8 Å². The monoisotopic (exact) mass is 300 g/mol. The third-order valence-electron chi connectivity index (χ3n) is 2.83. The van der Waals surface area contributed by atoms with Crippen LogP contribution in [0.15, 0.2) is 0 Å². The first kappa shape index (κ1) is 14.7. The Kier molecular flexibility index (Phi) is 3.48. The van der Waals surface area contributed by atoms with Crippen molar-refractivity contribution in [2.45, 2.75) is 6.42 Å². The van der Waals surface area contributed by atoms with Gasteiger partial charge in [-0.25, -0.2) is 31.2 Å². The molecule has 0 fully saturated rings. The number of halogens is 6. The van der Waals surface area contributed by atoms with Gasteiger partial charge >= 0.3 is 0 Å². The largest absolute Gasteiger partial charge is 0.260 e. The summed E-state index contributed by atoms with van der Waals surface area (Å²) in [5.74, 6) is -11.6. The number of nitriles is 1. The standard InChI is InChI=1S/C13H2F6N2/c1-21-13-11(18)6-5(10(17)12(13)19)7(14)4(2-3-20)8(15)9(6)16/h2H2. The summed E-state index contributed by atoms with van der Waals surface area (Å²) in [6.07, 6.45) is -0.961. The van der Waals surface area contributed by atoms with Gasteiger partial charge in [-0.3, -0.25) is 0 Å². The summed E-state index contributed by atoms with van der Waals surface area (Å²) < 4.78 is 82.3. The molecule has 0 aliphatic carbocycles. The minimum Gasteiger partial charge on any atom is -0.232 e. The summed E-state index contributed by atoms with van der Waals surface area (Å²) in [6, 6.07) is 1.32. The van der Waals surface area contributed by atoms with Crippen LogP contribution < -0.4 is 0 Å². The van der Waals surface area contributed by atoms with E-state index in [4.69, 9.17) is 11.8 Å². The molecule has 2 rings (SSSR count). The predicted molar refractivity (Wildman–Crippen MR) is 59.3 cm³/mol. The molecule has 0 radical (unpaired) electrons. The first-order valence-corrected chi connectivity index (χ1v) is 5.26. The maximum atomic E-state index is 13.9.